The lowest BCUT2D eigenvalue weighted by Crippen LogP contribution is -2.19. The number of amides is 1. The van der Waals surface area contributed by atoms with E-state index in [1.807, 2.05) is 45.0 Å². The van der Waals surface area contributed by atoms with Gasteiger partial charge >= 0.3 is 0 Å². The normalized spacial score (nSPS) is 12.1. The predicted octanol–water partition coefficient (Wildman–Crippen LogP) is 5.10. The lowest BCUT2D eigenvalue weighted by molar-refractivity contribution is -0.114. The molecule has 0 saturated heterocycles. The van der Waals surface area contributed by atoms with Crippen molar-refractivity contribution in [1.82, 2.24) is 4.98 Å². The van der Waals surface area contributed by atoms with Gasteiger partial charge in [-0.05, 0) is 51.1 Å². The van der Waals surface area contributed by atoms with Gasteiger partial charge in [-0.15, -0.1) is 0 Å². The maximum atomic E-state index is 12.7. The van der Waals surface area contributed by atoms with Crippen LogP contribution in [0.15, 0.2) is 47.3 Å². The van der Waals surface area contributed by atoms with E-state index in [0.717, 1.165) is 11.1 Å². The molecule has 0 aliphatic carbocycles. The number of ether oxygens (including phenoxy) is 1. The fraction of sp³-hybridized carbons (Fsp3) is 0.273. The molecule has 3 rings (SSSR count). The van der Waals surface area contributed by atoms with Crippen molar-refractivity contribution in [2.24, 2.45) is 0 Å². The highest BCUT2D eigenvalue weighted by Gasteiger charge is 2.14. The van der Waals surface area contributed by atoms with Crippen LogP contribution in [0.3, 0.4) is 0 Å². The summed E-state index contributed by atoms with van der Waals surface area (Å²) >= 11 is 6.34. The summed E-state index contributed by atoms with van der Waals surface area (Å²) in [5.41, 5.74) is 2.54. The molecule has 0 bridgehead atoms. The van der Waals surface area contributed by atoms with E-state index in [9.17, 15) is 9.59 Å². The second kappa shape index (κ2) is 8.57. The van der Waals surface area contributed by atoms with Gasteiger partial charge in [-0.3, -0.25) is 9.59 Å². The van der Waals surface area contributed by atoms with Gasteiger partial charge in [0.15, 0.2) is 0 Å². The number of carbonyl (C=O) groups is 1. The summed E-state index contributed by atoms with van der Waals surface area (Å²) in [6.45, 7) is 7.20. The minimum Gasteiger partial charge on any atom is -0.489 e. The number of aromatic amines is 1. The molecule has 7 heteroatoms. The number of H-pyrrole nitrogens is 1. The standard InChI is InChI=1S/C22H24ClN3O3/c1-12(2)29-21-11-20-15(9-19(21)23)8-18(22(28)26-20)13(3)24-16-6-5-7-17(10-16)25-14(4)27/h5-13,24H,1-4H3,(H,25,27)(H,26,28)/t13-/m0/s1. The summed E-state index contributed by atoms with van der Waals surface area (Å²) in [7, 11) is 0. The van der Waals surface area contributed by atoms with Gasteiger partial charge in [-0.1, -0.05) is 17.7 Å². The minimum absolute atomic E-state index is 0.0200. The first-order valence-electron chi connectivity index (χ1n) is 9.40. The van der Waals surface area contributed by atoms with Crippen molar-refractivity contribution in [3.8, 4) is 5.75 Å². The van der Waals surface area contributed by atoms with Gasteiger partial charge in [0, 0.05) is 35.3 Å². The van der Waals surface area contributed by atoms with Crippen LogP contribution in [0.1, 0.15) is 39.3 Å². The third-order valence-corrected chi connectivity index (χ3v) is 4.62. The number of aromatic nitrogens is 1. The molecule has 0 radical (unpaired) electrons. The van der Waals surface area contributed by atoms with E-state index in [1.165, 1.54) is 6.92 Å². The van der Waals surface area contributed by atoms with Gasteiger partial charge in [-0.25, -0.2) is 0 Å². The Bertz CT molecular complexity index is 1110. The minimum atomic E-state index is -0.263. The van der Waals surface area contributed by atoms with E-state index in [0.29, 0.717) is 27.5 Å². The van der Waals surface area contributed by atoms with Crippen molar-refractivity contribution in [2.75, 3.05) is 10.6 Å². The van der Waals surface area contributed by atoms with Gasteiger partial charge < -0.3 is 20.4 Å². The van der Waals surface area contributed by atoms with Gasteiger partial charge in [0.05, 0.1) is 22.7 Å². The van der Waals surface area contributed by atoms with Crippen LogP contribution in [-0.2, 0) is 4.79 Å². The number of hydrogen-bond donors (Lipinski definition) is 3. The molecule has 1 heterocycles. The quantitative estimate of drug-likeness (QED) is 0.525. The number of carbonyl (C=O) groups excluding carboxylic acids is 1. The zero-order chi connectivity index (χ0) is 21.1. The molecule has 1 aromatic heterocycles. The molecule has 0 aliphatic heterocycles. The van der Waals surface area contributed by atoms with Crippen molar-refractivity contribution in [2.45, 2.75) is 39.8 Å². The molecule has 0 fully saturated rings. The van der Waals surface area contributed by atoms with Gasteiger partial charge in [-0.2, -0.15) is 0 Å². The van der Waals surface area contributed by atoms with E-state index in [1.54, 1.807) is 18.2 Å². The Morgan fingerprint density at radius 1 is 1.10 bits per heavy atom. The molecule has 3 aromatic rings. The topological polar surface area (TPSA) is 83.2 Å². The van der Waals surface area contributed by atoms with Gasteiger partial charge in [0.1, 0.15) is 5.75 Å². The Kier molecular flexibility index (Phi) is 6.13. The van der Waals surface area contributed by atoms with Crippen molar-refractivity contribution in [1.29, 1.82) is 0 Å². The maximum absolute atomic E-state index is 12.7. The van der Waals surface area contributed by atoms with Crippen molar-refractivity contribution in [3.05, 3.63) is 63.4 Å². The van der Waals surface area contributed by atoms with E-state index in [2.05, 4.69) is 15.6 Å². The third kappa shape index (κ3) is 5.09. The van der Waals surface area contributed by atoms with Crippen molar-refractivity contribution < 1.29 is 9.53 Å². The molecule has 1 amide bonds. The smallest absolute Gasteiger partial charge is 0.253 e. The molecule has 6 nitrogen and oxygen atoms in total. The highest BCUT2D eigenvalue weighted by molar-refractivity contribution is 6.32. The number of halogens is 1. The molecule has 0 saturated carbocycles. The van der Waals surface area contributed by atoms with Crippen LogP contribution in [0.2, 0.25) is 5.02 Å². The Balaban J connectivity index is 1.90. The number of nitrogens with one attached hydrogen (secondary N) is 3. The molecule has 3 N–H and O–H groups in total. The van der Waals surface area contributed by atoms with Crippen LogP contribution in [-0.4, -0.2) is 17.0 Å². The monoisotopic (exact) mass is 413 g/mol. The summed E-state index contributed by atoms with van der Waals surface area (Å²) in [6, 6.07) is 12.4. The number of hydrogen-bond acceptors (Lipinski definition) is 4. The highest BCUT2D eigenvalue weighted by Crippen LogP contribution is 2.31. The SMILES string of the molecule is CC(=O)Nc1cccc(N[C@@H](C)c2cc3cc(Cl)c(OC(C)C)cc3[nH]c2=O)c1. The molecule has 0 unspecified atom stereocenters. The van der Waals surface area contributed by atoms with Gasteiger partial charge in [0.2, 0.25) is 5.91 Å². The number of fused-ring (bicyclic) bond motifs is 1. The largest absolute Gasteiger partial charge is 0.489 e. The number of pyridine rings is 1. The van der Waals surface area contributed by atoms with E-state index in [4.69, 9.17) is 16.3 Å². The average Bonchev–Trinajstić information content (AvgIpc) is 2.61. The first kappa shape index (κ1) is 20.7. The average molecular weight is 414 g/mol. The molecule has 0 aliphatic rings. The van der Waals surface area contributed by atoms with Crippen LogP contribution in [0.4, 0.5) is 11.4 Å². The third-order valence-electron chi connectivity index (χ3n) is 4.32. The molecule has 1 atom stereocenters. The van der Waals surface area contributed by atoms with E-state index >= 15 is 0 Å². The second-order valence-electron chi connectivity index (χ2n) is 7.22. The lowest BCUT2D eigenvalue weighted by Gasteiger charge is -2.17. The maximum Gasteiger partial charge on any atom is 0.253 e. The van der Waals surface area contributed by atoms with Crippen LogP contribution in [0.5, 0.6) is 5.75 Å². The van der Waals surface area contributed by atoms with Crippen molar-refractivity contribution >= 4 is 39.8 Å². The molecule has 29 heavy (non-hydrogen) atoms. The summed E-state index contributed by atoms with van der Waals surface area (Å²) in [4.78, 5) is 26.8. The lowest BCUT2D eigenvalue weighted by atomic mass is 10.1. The van der Waals surface area contributed by atoms with E-state index in [-0.39, 0.29) is 23.6 Å². The highest BCUT2D eigenvalue weighted by atomic mass is 35.5. The van der Waals surface area contributed by atoms with Gasteiger partial charge in [0.25, 0.3) is 5.56 Å². The first-order chi connectivity index (χ1) is 13.7. The summed E-state index contributed by atoms with van der Waals surface area (Å²) in [5, 5.41) is 7.36. The fourth-order valence-electron chi connectivity index (χ4n) is 3.11. The zero-order valence-electron chi connectivity index (χ0n) is 16.8. The molecular formula is C22H24ClN3O3. The summed E-state index contributed by atoms with van der Waals surface area (Å²) in [6.07, 6.45) is -0.0200. The van der Waals surface area contributed by atoms with Crippen LogP contribution >= 0.6 is 11.6 Å². The molecule has 152 valence electrons. The number of benzene rings is 2. The van der Waals surface area contributed by atoms with Crippen LogP contribution in [0, 0.1) is 0 Å². The summed E-state index contributed by atoms with van der Waals surface area (Å²) in [5.74, 6) is 0.400. The molecule has 0 spiro atoms. The Morgan fingerprint density at radius 2 is 1.83 bits per heavy atom. The Hall–Kier alpha value is -2.99. The van der Waals surface area contributed by atoms with Crippen molar-refractivity contribution in [3.63, 3.8) is 0 Å². The fourth-order valence-corrected chi connectivity index (χ4v) is 3.32. The number of rotatable bonds is 6. The Labute approximate surface area is 174 Å². The first-order valence-corrected chi connectivity index (χ1v) is 9.78. The predicted molar refractivity (Wildman–Crippen MR) is 118 cm³/mol. The molecule has 2 aromatic carbocycles. The van der Waals surface area contributed by atoms with Crippen LogP contribution in [0.25, 0.3) is 10.9 Å². The summed E-state index contributed by atoms with van der Waals surface area (Å²) < 4.78 is 5.69. The number of anilines is 2. The zero-order valence-corrected chi connectivity index (χ0v) is 17.6. The molecular weight excluding hydrogens is 390 g/mol. The van der Waals surface area contributed by atoms with Crippen LogP contribution < -0.4 is 20.9 Å². The van der Waals surface area contributed by atoms with E-state index < -0.39 is 0 Å². The second-order valence-corrected chi connectivity index (χ2v) is 7.63. The Morgan fingerprint density at radius 3 is 2.52 bits per heavy atom.